The van der Waals surface area contributed by atoms with Gasteiger partial charge < -0.3 is 9.13 Å². The highest BCUT2D eigenvalue weighted by atomic mass is 32.2. The Balaban J connectivity index is 1.82. The van der Waals surface area contributed by atoms with E-state index >= 15 is 0 Å². The fourth-order valence-corrected chi connectivity index (χ4v) is 4.01. The Bertz CT molecular complexity index is 971. The van der Waals surface area contributed by atoms with Gasteiger partial charge in [0.1, 0.15) is 0 Å². The Morgan fingerprint density at radius 3 is 2.56 bits per heavy atom. The molecule has 0 saturated heterocycles. The van der Waals surface area contributed by atoms with Crippen molar-refractivity contribution in [3.63, 3.8) is 0 Å². The minimum absolute atomic E-state index is 0.129. The number of hydrogen-bond donors (Lipinski definition) is 0. The van der Waals surface area contributed by atoms with E-state index in [1.165, 1.54) is 17.3 Å². The van der Waals surface area contributed by atoms with Gasteiger partial charge in [0.15, 0.2) is 16.8 Å². The molecule has 0 atom stereocenters. The third-order valence-corrected chi connectivity index (χ3v) is 5.82. The normalized spacial score (nSPS) is 11.1. The van der Waals surface area contributed by atoms with Gasteiger partial charge in [0, 0.05) is 36.1 Å². The van der Waals surface area contributed by atoms with Gasteiger partial charge in [-0.2, -0.15) is 0 Å². The molecule has 0 amide bonds. The molecule has 6 heteroatoms. The molecule has 27 heavy (non-hydrogen) atoms. The summed E-state index contributed by atoms with van der Waals surface area (Å²) in [6, 6.07) is 10.2. The maximum absolute atomic E-state index is 12.7. The molecule has 0 aliphatic carbocycles. The van der Waals surface area contributed by atoms with E-state index in [4.69, 9.17) is 0 Å². The molecular weight excluding hydrogens is 356 g/mol. The summed E-state index contributed by atoms with van der Waals surface area (Å²) in [6.07, 6.45) is 0.981. The van der Waals surface area contributed by atoms with Crippen LogP contribution in [0.1, 0.15) is 40.7 Å². The molecule has 0 radical (unpaired) electrons. The van der Waals surface area contributed by atoms with Crippen molar-refractivity contribution in [2.24, 2.45) is 7.05 Å². The molecule has 0 fully saturated rings. The van der Waals surface area contributed by atoms with Crippen molar-refractivity contribution in [3.05, 3.63) is 52.8 Å². The number of aromatic nitrogens is 4. The summed E-state index contributed by atoms with van der Waals surface area (Å²) in [5.41, 5.74) is 5.15. The smallest absolute Gasteiger partial charge is 0.191 e. The zero-order valence-corrected chi connectivity index (χ0v) is 17.4. The number of carbonyl (C=O) groups is 1. The SMILES string of the molecule is CCCn1c(SCC(=O)c2cc(C)n(C)c2C)nnc1-c1cccc(C)c1. The predicted molar refractivity (Wildman–Crippen MR) is 110 cm³/mol. The van der Waals surface area contributed by atoms with Crippen molar-refractivity contribution in [2.45, 2.75) is 45.8 Å². The van der Waals surface area contributed by atoms with E-state index in [0.717, 1.165) is 46.5 Å². The van der Waals surface area contributed by atoms with E-state index in [0.29, 0.717) is 5.75 Å². The lowest BCUT2D eigenvalue weighted by molar-refractivity contribution is 0.102. The molecule has 0 spiro atoms. The van der Waals surface area contributed by atoms with Crippen molar-refractivity contribution < 1.29 is 4.79 Å². The van der Waals surface area contributed by atoms with E-state index in [9.17, 15) is 4.79 Å². The summed E-state index contributed by atoms with van der Waals surface area (Å²) in [7, 11) is 1.99. The molecule has 0 aliphatic rings. The summed E-state index contributed by atoms with van der Waals surface area (Å²) in [6.45, 7) is 9.04. The first-order valence-electron chi connectivity index (χ1n) is 9.21. The van der Waals surface area contributed by atoms with Crippen molar-refractivity contribution in [1.29, 1.82) is 0 Å². The number of benzene rings is 1. The fourth-order valence-electron chi connectivity index (χ4n) is 3.16. The third kappa shape index (κ3) is 4.00. The Kier molecular flexibility index (Phi) is 5.85. The zero-order valence-electron chi connectivity index (χ0n) is 16.6. The van der Waals surface area contributed by atoms with Crippen molar-refractivity contribution >= 4 is 17.5 Å². The molecule has 3 aromatic rings. The lowest BCUT2D eigenvalue weighted by Crippen LogP contribution is -2.07. The number of thioether (sulfide) groups is 1. The van der Waals surface area contributed by atoms with Crippen LogP contribution in [0, 0.1) is 20.8 Å². The second kappa shape index (κ2) is 8.13. The lowest BCUT2D eigenvalue weighted by Gasteiger charge is -2.09. The molecule has 3 rings (SSSR count). The average molecular weight is 383 g/mol. The minimum atomic E-state index is 0.129. The van der Waals surface area contributed by atoms with Gasteiger partial charge >= 0.3 is 0 Å². The topological polar surface area (TPSA) is 52.7 Å². The van der Waals surface area contributed by atoms with Crippen LogP contribution in [-0.4, -0.2) is 30.9 Å². The molecule has 0 N–H and O–H groups in total. The molecule has 1 aromatic carbocycles. The van der Waals surface area contributed by atoms with Gasteiger partial charge in [-0.15, -0.1) is 10.2 Å². The highest BCUT2D eigenvalue weighted by Gasteiger charge is 2.18. The van der Waals surface area contributed by atoms with Gasteiger partial charge in [0.05, 0.1) is 5.75 Å². The maximum atomic E-state index is 12.7. The predicted octanol–water partition coefficient (Wildman–Crippen LogP) is 4.59. The van der Waals surface area contributed by atoms with Crippen LogP contribution in [-0.2, 0) is 13.6 Å². The van der Waals surface area contributed by atoms with Gasteiger partial charge in [-0.3, -0.25) is 4.79 Å². The van der Waals surface area contributed by atoms with Crippen LogP contribution in [0.3, 0.4) is 0 Å². The molecule has 142 valence electrons. The first-order valence-corrected chi connectivity index (χ1v) is 10.2. The lowest BCUT2D eigenvalue weighted by atomic mass is 10.1. The number of Topliss-reactive ketones (excluding diaryl/α,β-unsaturated/α-hetero) is 1. The Morgan fingerprint density at radius 1 is 1.15 bits per heavy atom. The van der Waals surface area contributed by atoms with Crippen LogP contribution in [0.2, 0.25) is 0 Å². The van der Waals surface area contributed by atoms with Crippen LogP contribution in [0.25, 0.3) is 11.4 Å². The molecule has 2 aromatic heterocycles. The molecule has 0 saturated carbocycles. The number of carbonyl (C=O) groups excluding carboxylic acids is 1. The van der Waals surface area contributed by atoms with Crippen LogP contribution in [0.5, 0.6) is 0 Å². The highest BCUT2D eigenvalue weighted by molar-refractivity contribution is 7.99. The summed E-state index contributed by atoms with van der Waals surface area (Å²) in [4.78, 5) is 12.7. The summed E-state index contributed by atoms with van der Waals surface area (Å²) >= 11 is 1.46. The van der Waals surface area contributed by atoms with Crippen LogP contribution >= 0.6 is 11.8 Å². The maximum Gasteiger partial charge on any atom is 0.191 e. The Labute approximate surface area is 164 Å². The van der Waals surface area contributed by atoms with Crippen molar-refractivity contribution in [2.75, 3.05) is 5.75 Å². The molecular formula is C21H26N4OS. The first kappa shape index (κ1) is 19.4. The Hall–Kier alpha value is -2.34. The zero-order chi connectivity index (χ0) is 19.6. The van der Waals surface area contributed by atoms with Crippen LogP contribution < -0.4 is 0 Å². The molecule has 0 aliphatic heterocycles. The van der Waals surface area contributed by atoms with E-state index in [1.807, 2.05) is 37.6 Å². The van der Waals surface area contributed by atoms with Gasteiger partial charge in [0.25, 0.3) is 0 Å². The number of aryl methyl sites for hydroxylation is 2. The van der Waals surface area contributed by atoms with Crippen molar-refractivity contribution in [1.82, 2.24) is 19.3 Å². The molecule has 5 nitrogen and oxygen atoms in total. The summed E-state index contributed by atoms with van der Waals surface area (Å²) in [5, 5.41) is 9.58. The Morgan fingerprint density at radius 2 is 1.93 bits per heavy atom. The number of hydrogen-bond acceptors (Lipinski definition) is 4. The highest BCUT2D eigenvalue weighted by Crippen LogP contribution is 2.26. The fraction of sp³-hybridized carbons (Fsp3) is 0.381. The largest absolute Gasteiger partial charge is 0.351 e. The van der Waals surface area contributed by atoms with Gasteiger partial charge in [-0.1, -0.05) is 42.4 Å². The van der Waals surface area contributed by atoms with E-state index < -0.39 is 0 Å². The molecule has 2 heterocycles. The van der Waals surface area contributed by atoms with E-state index in [1.54, 1.807) is 0 Å². The third-order valence-electron chi connectivity index (χ3n) is 4.85. The standard InChI is InChI=1S/C21H26N4OS/c1-6-10-25-20(17-9-7-8-14(2)11-17)22-23-21(25)27-13-19(26)18-12-15(3)24(5)16(18)4/h7-9,11-12H,6,10,13H2,1-5H3. The summed E-state index contributed by atoms with van der Waals surface area (Å²) < 4.78 is 4.17. The number of rotatable bonds is 7. The van der Waals surface area contributed by atoms with Gasteiger partial charge in [-0.05, 0) is 39.3 Å². The van der Waals surface area contributed by atoms with Crippen molar-refractivity contribution in [3.8, 4) is 11.4 Å². The quantitative estimate of drug-likeness (QED) is 0.443. The second-order valence-electron chi connectivity index (χ2n) is 6.88. The first-order chi connectivity index (χ1) is 12.9. The average Bonchev–Trinajstić information content (AvgIpc) is 3.16. The monoisotopic (exact) mass is 382 g/mol. The number of ketones is 1. The second-order valence-corrected chi connectivity index (χ2v) is 7.83. The molecule has 0 bridgehead atoms. The molecule has 0 unspecified atom stereocenters. The minimum Gasteiger partial charge on any atom is -0.351 e. The van der Waals surface area contributed by atoms with E-state index in [-0.39, 0.29) is 5.78 Å². The number of nitrogens with zero attached hydrogens (tertiary/aromatic N) is 4. The van der Waals surface area contributed by atoms with Gasteiger partial charge in [0.2, 0.25) is 0 Å². The van der Waals surface area contributed by atoms with Crippen LogP contribution in [0.15, 0.2) is 35.5 Å². The van der Waals surface area contributed by atoms with E-state index in [2.05, 4.69) is 46.8 Å². The summed E-state index contributed by atoms with van der Waals surface area (Å²) in [5.74, 6) is 1.35. The van der Waals surface area contributed by atoms with Gasteiger partial charge in [-0.25, -0.2) is 0 Å². The van der Waals surface area contributed by atoms with Crippen LogP contribution in [0.4, 0.5) is 0 Å².